The molecule has 0 aliphatic carbocycles. The molecular weight excluding hydrogens is 622 g/mol. The Bertz CT molecular complexity index is 1360. The van der Waals surface area contributed by atoms with Gasteiger partial charge in [0.05, 0.1) is 39.3 Å². The van der Waals surface area contributed by atoms with Gasteiger partial charge in [-0.3, -0.25) is 14.4 Å². The Labute approximate surface area is 301 Å². The molecule has 0 aliphatic heterocycles. The molecule has 7 nitrogen and oxygen atoms in total. The van der Waals surface area contributed by atoms with E-state index in [0.29, 0.717) is 0 Å². The third-order valence-electron chi connectivity index (χ3n) is 9.48. The van der Waals surface area contributed by atoms with Crippen LogP contribution in [0.3, 0.4) is 0 Å². The zero-order valence-corrected chi connectivity index (χ0v) is 32.1. The van der Waals surface area contributed by atoms with Crippen molar-refractivity contribution in [3.63, 3.8) is 0 Å². The normalized spacial score (nSPS) is 11.0. The summed E-state index contributed by atoms with van der Waals surface area (Å²) in [5, 5.41) is 39.0. The lowest BCUT2D eigenvalue weighted by molar-refractivity contribution is -0.531. The zero-order valence-electron chi connectivity index (χ0n) is 32.1. The number of aromatic hydroxyl groups is 3. The quantitative estimate of drug-likeness (QED) is 0.0885. The number of phenolic OH excluding ortho intramolecular Hbond substituents is 3. The maximum Gasteiger partial charge on any atom is 0.350 e. The van der Waals surface area contributed by atoms with Gasteiger partial charge in [0.15, 0.2) is 0 Å². The van der Waals surface area contributed by atoms with Gasteiger partial charge in [0.2, 0.25) is 0 Å². The fourth-order valence-electron chi connectivity index (χ4n) is 5.96. The number of nitrogens with zero attached hydrogens (tertiary/aromatic N) is 3. The summed E-state index contributed by atoms with van der Waals surface area (Å²) in [7, 11) is 0. The Morgan fingerprint density at radius 1 is 0.480 bits per heavy atom. The first-order valence-electron chi connectivity index (χ1n) is 18.0. The van der Waals surface area contributed by atoms with E-state index in [1.165, 1.54) is 5.96 Å². The third-order valence-corrected chi connectivity index (χ3v) is 9.48. The fourth-order valence-corrected chi connectivity index (χ4v) is 5.96. The molecule has 7 heteroatoms. The van der Waals surface area contributed by atoms with Crippen LogP contribution in [0.15, 0.2) is 97.1 Å². The summed E-state index contributed by atoms with van der Waals surface area (Å²) in [5.41, 5.74) is 4.11. The second kappa shape index (κ2) is 19.5. The average Bonchev–Trinajstić information content (AvgIpc) is 3.11. The number of phenols is 3. The van der Waals surface area contributed by atoms with Gasteiger partial charge in [-0.1, -0.05) is 88.4 Å². The first-order valence-corrected chi connectivity index (χ1v) is 18.0. The van der Waals surface area contributed by atoms with E-state index in [2.05, 4.69) is 83.6 Å². The molecule has 50 heavy (non-hydrogen) atoms. The second-order valence-corrected chi connectivity index (χ2v) is 13.2. The Morgan fingerprint density at radius 2 is 0.720 bits per heavy atom. The molecule has 4 rings (SSSR count). The maximum absolute atomic E-state index is 11.1. The second-order valence-electron chi connectivity index (χ2n) is 13.2. The van der Waals surface area contributed by atoms with Crippen molar-refractivity contribution in [1.82, 2.24) is 9.80 Å². The van der Waals surface area contributed by atoms with E-state index >= 15 is 0 Å². The van der Waals surface area contributed by atoms with E-state index in [9.17, 15) is 20.4 Å². The molecule has 0 fully saturated rings. The lowest BCUT2D eigenvalue weighted by Crippen LogP contribution is -2.49. The van der Waals surface area contributed by atoms with Gasteiger partial charge < -0.3 is 20.4 Å². The minimum absolute atomic E-state index is 0.0234. The van der Waals surface area contributed by atoms with Crippen LogP contribution < -0.4 is 5.11 Å². The van der Waals surface area contributed by atoms with Crippen LogP contribution in [-0.2, 0) is 10.8 Å². The zero-order chi connectivity index (χ0) is 37.5. The predicted octanol–water partition coefficient (Wildman–Crippen LogP) is 8.29. The monoisotopic (exact) mass is 683 g/mol. The van der Waals surface area contributed by atoms with E-state index < -0.39 is 0 Å². The Kier molecular flexibility index (Phi) is 16.2. The molecule has 3 N–H and O–H groups in total. The summed E-state index contributed by atoms with van der Waals surface area (Å²) in [4.78, 5) is 4.92. The topological polar surface area (TPSA) is 93.2 Å². The lowest BCUT2D eigenvalue weighted by atomic mass is 9.78. The molecule has 272 valence electrons. The standard InChI is InChI=1S/2C15H16O2.C13H30N3/c2*1-15(2,11-3-7-13(16)8-4-11)12-5-9-14(17)10-6-12;1-7-14(8-2)13(15(9-3)10-4)16(11-5)12-6/h2*3-10,16-17H,1-2H3;7-12H2,1-6H3/q;;+1/p-1. The number of guanidine groups is 1. The van der Waals surface area contributed by atoms with Gasteiger partial charge in [-0.05, 0) is 100 Å². The number of rotatable bonds is 10. The number of hydrogen-bond acceptors (Lipinski definition) is 4. The summed E-state index contributed by atoms with van der Waals surface area (Å²) in [6.45, 7) is 28.3. The Morgan fingerprint density at radius 3 is 0.940 bits per heavy atom. The van der Waals surface area contributed by atoms with Crippen molar-refractivity contribution in [3.8, 4) is 23.0 Å². The van der Waals surface area contributed by atoms with Crippen LogP contribution in [0.5, 0.6) is 23.0 Å². The summed E-state index contributed by atoms with van der Waals surface area (Å²) < 4.78 is 2.46. The van der Waals surface area contributed by atoms with Gasteiger partial charge in [0.1, 0.15) is 17.2 Å². The number of hydrogen-bond donors (Lipinski definition) is 3. The van der Waals surface area contributed by atoms with E-state index in [4.69, 9.17) is 0 Å². The summed E-state index contributed by atoms with van der Waals surface area (Å²) in [6.07, 6.45) is 0. The van der Waals surface area contributed by atoms with E-state index in [1.54, 1.807) is 48.5 Å². The highest BCUT2D eigenvalue weighted by atomic mass is 16.3. The molecule has 0 bridgehead atoms. The SMILES string of the molecule is CC(C)(c1ccc(O)cc1)c1ccc(O)cc1.CC(C)(c1ccc([O-])cc1)c1ccc(O)cc1.CCN(CC)C(N(CC)CC)=[N+](CC)CC. The average molecular weight is 684 g/mol. The van der Waals surface area contributed by atoms with Crippen LogP contribution >= 0.6 is 0 Å². The van der Waals surface area contributed by atoms with Gasteiger partial charge in [-0.25, -0.2) is 0 Å². The van der Waals surface area contributed by atoms with Crippen molar-refractivity contribution in [2.45, 2.75) is 80.1 Å². The van der Waals surface area contributed by atoms with E-state index in [-0.39, 0.29) is 33.8 Å². The summed E-state index contributed by atoms with van der Waals surface area (Å²) in [5.74, 6) is 2.24. The Hall–Kier alpha value is -4.65. The van der Waals surface area contributed by atoms with Crippen molar-refractivity contribution in [1.29, 1.82) is 0 Å². The van der Waals surface area contributed by atoms with Crippen LogP contribution in [0.25, 0.3) is 0 Å². The van der Waals surface area contributed by atoms with Gasteiger partial charge >= 0.3 is 5.96 Å². The van der Waals surface area contributed by atoms with Crippen LogP contribution in [0.1, 0.15) is 91.5 Å². The molecular formula is C43H61N3O4. The van der Waals surface area contributed by atoms with Gasteiger partial charge in [0.25, 0.3) is 0 Å². The smallest absolute Gasteiger partial charge is 0.350 e. The molecule has 0 saturated carbocycles. The number of benzene rings is 4. The summed E-state index contributed by atoms with van der Waals surface area (Å²) in [6, 6.07) is 28.5. The van der Waals surface area contributed by atoms with Gasteiger partial charge in [-0.15, -0.1) is 5.75 Å². The molecule has 0 aliphatic rings. The van der Waals surface area contributed by atoms with Crippen molar-refractivity contribution in [2.24, 2.45) is 0 Å². The molecule has 0 aromatic heterocycles. The highest BCUT2D eigenvalue weighted by Crippen LogP contribution is 2.34. The van der Waals surface area contributed by atoms with Crippen molar-refractivity contribution in [2.75, 3.05) is 39.3 Å². The largest absolute Gasteiger partial charge is 0.872 e. The predicted molar refractivity (Wildman–Crippen MR) is 207 cm³/mol. The van der Waals surface area contributed by atoms with Gasteiger partial charge in [0, 0.05) is 10.8 Å². The van der Waals surface area contributed by atoms with Crippen LogP contribution in [0.4, 0.5) is 0 Å². The molecule has 0 amide bonds. The summed E-state index contributed by atoms with van der Waals surface area (Å²) >= 11 is 0. The molecule has 0 atom stereocenters. The van der Waals surface area contributed by atoms with Crippen molar-refractivity contribution >= 4 is 5.96 Å². The van der Waals surface area contributed by atoms with Crippen LogP contribution in [-0.4, -0.2) is 74.9 Å². The molecule has 4 aromatic carbocycles. The van der Waals surface area contributed by atoms with E-state index in [0.717, 1.165) is 61.5 Å². The lowest BCUT2D eigenvalue weighted by Gasteiger charge is -2.27. The molecule has 0 spiro atoms. The van der Waals surface area contributed by atoms with E-state index in [1.807, 2.05) is 48.5 Å². The molecule has 0 heterocycles. The molecule has 0 radical (unpaired) electrons. The highest BCUT2D eigenvalue weighted by Gasteiger charge is 2.25. The van der Waals surface area contributed by atoms with Crippen molar-refractivity contribution in [3.05, 3.63) is 119 Å². The Balaban J connectivity index is 0.000000260. The molecule has 0 unspecified atom stereocenters. The van der Waals surface area contributed by atoms with Crippen molar-refractivity contribution < 1.29 is 25.0 Å². The first kappa shape index (κ1) is 41.5. The fraction of sp³-hybridized carbons (Fsp3) is 0.419. The molecule has 0 saturated heterocycles. The minimum atomic E-state index is -0.179. The van der Waals surface area contributed by atoms with Gasteiger partial charge in [-0.2, -0.15) is 0 Å². The third kappa shape index (κ3) is 11.2. The first-order chi connectivity index (χ1) is 23.7. The molecule has 4 aromatic rings. The van der Waals surface area contributed by atoms with Crippen LogP contribution in [0.2, 0.25) is 0 Å². The minimum Gasteiger partial charge on any atom is -0.872 e. The highest BCUT2D eigenvalue weighted by molar-refractivity contribution is 5.75. The maximum atomic E-state index is 11.1. The van der Waals surface area contributed by atoms with Crippen LogP contribution in [0, 0.1) is 0 Å².